The standard InChI is InChI=1S/C16H16ClNO2/c17-15-6-4-13(5-7-15)11-20-16(19)14-3-1-2-12(10-14)8-9-18/h1-7,10H,8-9,11,18H2. The highest BCUT2D eigenvalue weighted by Gasteiger charge is 2.08. The predicted molar refractivity (Wildman–Crippen MR) is 79.8 cm³/mol. The normalized spacial score (nSPS) is 10.3. The van der Waals surface area contributed by atoms with Crippen LogP contribution >= 0.6 is 11.6 Å². The fourth-order valence-electron chi connectivity index (χ4n) is 1.83. The Hall–Kier alpha value is -1.84. The summed E-state index contributed by atoms with van der Waals surface area (Å²) in [7, 11) is 0. The Morgan fingerprint density at radius 2 is 1.85 bits per heavy atom. The molecule has 4 heteroatoms. The van der Waals surface area contributed by atoms with E-state index in [0.717, 1.165) is 17.5 Å². The van der Waals surface area contributed by atoms with Gasteiger partial charge >= 0.3 is 5.97 Å². The van der Waals surface area contributed by atoms with Gasteiger partial charge in [-0.2, -0.15) is 0 Å². The van der Waals surface area contributed by atoms with Crippen LogP contribution in [0.25, 0.3) is 0 Å². The first-order chi connectivity index (χ1) is 9.69. The molecule has 0 heterocycles. The fraction of sp³-hybridized carbons (Fsp3) is 0.188. The van der Waals surface area contributed by atoms with Crippen LogP contribution in [0.4, 0.5) is 0 Å². The van der Waals surface area contributed by atoms with Crippen molar-refractivity contribution in [1.29, 1.82) is 0 Å². The molecule has 2 aromatic rings. The van der Waals surface area contributed by atoms with Gasteiger partial charge in [-0.3, -0.25) is 0 Å². The van der Waals surface area contributed by atoms with E-state index in [2.05, 4.69) is 0 Å². The van der Waals surface area contributed by atoms with E-state index in [0.29, 0.717) is 17.1 Å². The number of carbonyl (C=O) groups is 1. The molecule has 0 aromatic heterocycles. The second-order valence-corrected chi connectivity index (χ2v) is 4.88. The summed E-state index contributed by atoms with van der Waals surface area (Å²) in [4.78, 5) is 12.0. The Kier molecular flexibility index (Phi) is 5.16. The first-order valence-corrected chi connectivity index (χ1v) is 6.77. The zero-order valence-corrected chi connectivity index (χ0v) is 11.8. The molecule has 0 fully saturated rings. The number of ether oxygens (including phenoxy) is 1. The summed E-state index contributed by atoms with van der Waals surface area (Å²) < 4.78 is 5.27. The molecule has 0 unspecified atom stereocenters. The summed E-state index contributed by atoms with van der Waals surface area (Å²) in [6.07, 6.45) is 0.748. The molecule has 20 heavy (non-hydrogen) atoms. The lowest BCUT2D eigenvalue weighted by atomic mass is 10.1. The summed E-state index contributed by atoms with van der Waals surface area (Å²) in [6.45, 7) is 0.792. The van der Waals surface area contributed by atoms with Gasteiger partial charge in [0.15, 0.2) is 0 Å². The third kappa shape index (κ3) is 4.08. The molecule has 0 aliphatic rings. The minimum Gasteiger partial charge on any atom is -0.457 e. The van der Waals surface area contributed by atoms with Gasteiger partial charge in [0, 0.05) is 5.02 Å². The van der Waals surface area contributed by atoms with Gasteiger partial charge < -0.3 is 10.5 Å². The van der Waals surface area contributed by atoms with Crippen molar-refractivity contribution < 1.29 is 9.53 Å². The molecule has 2 aromatic carbocycles. The van der Waals surface area contributed by atoms with Gasteiger partial charge in [0.05, 0.1) is 5.56 Å². The van der Waals surface area contributed by atoms with Gasteiger partial charge in [-0.05, 0) is 48.4 Å². The molecule has 104 valence electrons. The van der Waals surface area contributed by atoms with E-state index in [-0.39, 0.29) is 12.6 Å². The summed E-state index contributed by atoms with van der Waals surface area (Å²) in [5.74, 6) is -0.334. The third-order valence-corrected chi connectivity index (χ3v) is 3.13. The number of carbonyl (C=O) groups excluding carboxylic acids is 1. The first kappa shape index (κ1) is 14.6. The molecule has 0 aliphatic carbocycles. The van der Waals surface area contributed by atoms with Gasteiger partial charge in [-0.1, -0.05) is 35.9 Å². The van der Waals surface area contributed by atoms with E-state index < -0.39 is 0 Å². The van der Waals surface area contributed by atoms with Crippen LogP contribution < -0.4 is 5.73 Å². The number of hydrogen-bond donors (Lipinski definition) is 1. The smallest absolute Gasteiger partial charge is 0.338 e. The summed E-state index contributed by atoms with van der Waals surface area (Å²) >= 11 is 5.80. The van der Waals surface area contributed by atoms with Crippen molar-refractivity contribution >= 4 is 17.6 Å². The monoisotopic (exact) mass is 289 g/mol. The molecular formula is C16H16ClNO2. The van der Waals surface area contributed by atoms with Crippen molar-refractivity contribution in [3.63, 3.8) is 0 Å². The number of halogens is 1. The van der Waals surface area contributed by atoms with Crippen LogP contribution in [0.15, 0.2) is 48.5 Å². The molecule has 0 spiro atoms. The van der Waals surface area contributed by atoms with Crippen LogP contribution in [0.1, 0.15) is 21.5 Å². The molecule has 0 radical (unpaired) electrons. The Morgan fingerprint density at radius 1 is 1.10 bits per heavy atom. The number of rotatable bonds is 5. The van der Waals surface area contributed by atoms with E-state index in [4.69, 9.17) is 22.1 Å². The minimum absolute atomic E-state index is 0.233. The molecule has 2 N–H and O–H groups in total. The highest BCUT2D eigenvalue weighted by Crippen LogP contribution is 2.12. The molecule has 0 atom stereocenters. The highest BCUT2D eigenvalue weighted by atomic mass is 35.5. The van der Waals surface area contributed by atoms with Crippen LogP contribution in [0.3, 0.4) is 0 Å². The summed E-state index contributed by atoms with van der Waals surface area (Å²) in [6, 6.07) is 14.5. The first-order valence-electron chi connectivity index (χ1n) is 6.39. The van der Waals surface area contributed by atoms with Crippen LogP contribution in [0, 0.1) is 0 Å². The Balaban J connectivity index is 1.97. The number of esters is 1. The molecule has 0 saturated carbocycles. The van der Waals surface area contributed by atoms with Crippen molar-refractivity contribution in [2.45, 2.75) is 13.0 Å². The average molecular weight is 290 g/mol. The average Bonchev–Trinajstić information content (AvgIpc) is 2.47. The summed E-state index contributed by atoms with van der Waals surface area (Å²) in [5, 5.41) is 0.662. The van der Waals surface area contributed by atoms with Crippen LogP contribution in [0.2, 0.25) is 5.02 Å². The van der Waals surface area contributed by atoms with Gasteiger partial charge in [0.2, 0.25) is 0 Å². The van der Waals surface area contributed by atoms with Crippen molar-refractivity contribution in [2.75, 3.05) is 6.54 Å². The van der Waals surface area contributed by atoms with E-state index in [1.165, 1.54) is 0 Å². The Bertz CT molecular complexity index is 581. The molecular weight excluding hydrogens is 274 g/mol. The van der Waals surface area contributed by atoms with Crippen LogP contribution in [0.5, 0.6) is 0 Å². The molecule has 0 aliphatic heterocycles. The maximum Gasteiger partial charge on any atom is 0.338 e. The highest BCUT2D eigenvalue weighted by molar-refractivity contribution is 6.30. The maximum atomic E-state index is 12.0. The number of nitrogens with two attached hydrogens (primary N) is 1. The second kappa shape index (κ2) is 7.08. The third-order valence-electron chi connectivity index (χ3n) is 2.88. The fourth-order valence-corrected chi connectivity index (χ4v) is 1.96. The van der Waals surface area contributed by atoms with Gasteiger partial charge in [-0.25, -0.2) is 4.79 Å². The molecule has 0 amide bonds. The van der Waals surface area contributed by atoms with Crippen LogP contribution in [-0.2, 0) is 17.8 Å². The Morgan fingerprint density at radius 3 is 2.55 bits per heavy atom. The van der Waals surface area contributed by atoms with E-state index in [1.54, 1.807) is 18.2 Å². The molecule has 3 nitrogen and oxygen atoms in total. The molecule has 0 bridgehead atoms. The maximum absolute atomic E-state index is 12.0. The van der Waals surface area contributed by atoms with Crippen molar-refractivity contribution in [3.05, 3.63) is 70.2 Å². The number of hydrogen-bond acceptors (Lipinski definition) is 3. The van der Waals surface area contributed by atoms with E-state index >= 15 is 0 Å². The summed E-state index contributed by atoms with van der Waals surface area (Å²) in [5.41, 5.74) is 7.99. The lowest BCUT2D eigenvalue weighted by molar-refractivity contribution is 0.0472. The molecule has 2 rings (SSSR count). The van der Waals surface area contributed by atoms with Crippen molar-refractivity contribution in [2.24, 2.45) is 5.73 Å². The van der Waals surface area contributed by atoms with Crippen LogP contribution in [-0.4, -0.2) is 12.5 Å². The van der Waals surface area contributed by atoms with E-state index in [9.17, 15) is 4.79 Å². The second-order valence-electron chi connectivity index (χ2n) is 4.44. The van der Waals surface area contributed by atoms with Crippen molar-refractivity contribution in [1.82, 2.24) is 0 Å². The SMILES string of the molecule is NCCc1cccc(C(=O)OCc2ccc(Cl)cc2)c1. The van der Waals surface area contributed by atoms with Gasteiger partial charge in [-0.15, -0.1) is 0 Å². The topological polar surface area (TPSA) is 52.3 Å². The quantitative estimate of drug-likeness (QED) is 0.860. The van der Waals surface area contributed by atoms with Crippen molar-refractivity contribution in [3.8, 4) is 0 Å². The number of benzene rings is 2. The van der Waals surface area contributed by atoms with Gasteiger partial charge in [0.25, 0.3) is 0 Å². The minimum atomic E-state index is -0.334. The molecule has 0 saturated heterocycles. The lowest BCUT2D eigenvalue weighted by Crippen LogP contribution is -2.07. The zero-order valence-electron chi connectivity index (χ0n) is 11.0. The Labute approximate surface area is 123 Å². The lowest BCUT2D eigenvalue weighted by Gasteiger charge is -2.06. The van der Waals surface area contributed by atoms with Gasteiger partial charge in [0.1, 0.15) is 6.61 Å². The largest absolute Gasteiger partial charge is 0.457 e. The zero-order chi connectivity index (χ0) is 14.4. The van der Waals surface area contributed by atoms with E-state index in [1.807, 2.05) is 30.3 Å². The predicted octanol–water partition coefficient (Wildman–Crippen LogP) is 3.20.